The van der Waals surface area contributed by atoms with Crippen molar-refractivity contribution in [2.24, 2.45) is 0 Å². The van der Waals surface area contributed by atoms with Crippen molar-refractivity contribution in [2.45, 2.75) is 25.7 Å². The van der Waals surface area contributed by atoms with Crippen molar-refractivity contribution >= 4 is 32.7 Å². The van der Waals surface area contributed by atoms with Gasteiger partial charge in [0.25, 0.3) is 0 Å². The van der Waals surface area contributed by atoms with Gasteiger partial charge in [-0.1, -0.05) is 109 Å². The van der Waals surface area contributed by atoms with Gasteiger partial charge < -0.3 is 4.57 Å². The van der Waals surface area contributed by atoms with Gasteiger partial charge in [-0.05, 0) is 72.7 Å². The lowest BCUT2D eigenvalue weighted by molar-refractivity contribution is 0.667. The summed E-state index contributed by atoms with van der Waals surface area (Å²) in [6.07, 6.45) is 4.68. The normalized spacial score (nSPS) is 13.1. The maximum atomic E-state index is 5.42. The van der Waals surface area contributed by atoms with Crippen LogP contribution in [0.3, 0.4) is 0 Å². The van der Waals surface area contributed by atoms with Crippen molar-refractivity contribution in [3.8, 4) is 33.9 Å². The highest BCUT2D eigenvalue weighted by atomic mass is 15.1. The lowest BCUT2D eigenvalue weighted by atomic mass is 9.95. The number of pyridine rings is 1. The maximum Gasteiger partial charge on any atom is 0.138 e. The summed E-state index contributed by atoms with van der Waals surface area (Å²) in [5.41, 5.74) is 12.3. The largest absolute Gasteiger partial charge is 0.311 e. The molecule has 3 aromatic heterocycles. The SMILES string of the molecule is c1ccc(-c2cc(-c3ccccc3)nc(-n3c4ccccc4c4ccc5c6c(n(-c7ccccc7)c5c43)CCCC6)c2)cc1. The van der Waals surface area contributed by atoms with Crippen LogP contribution in [0, 0.1) is 0 Å². The second kappa shape index (κ2) is 10.1. The molecular formula is C41H31N3. The highest BCUT2D eigenvalue weighted by Gasteiger charge is 2.26. The molecular weight excluding hydrogens is 534 g/mol. The van der Waals surface area contributed by atoms with Crippen LogP contribution in [0.2, 0.25) is 0 Å². The molecule has 9 rings (SSSR count). The van der Waals surface area contributed by atoms with E-state index in [-0.39, 0.29) is 0 Å². The Balaban J connectivity index is 1.45. The standard InChI is InChI=1S/C41H31N3/c1-4-14-28(15-5-1)30-26-36(29-16-6-2-7-17-29)42-39(27-30)44-38-23-13-11-21-33(38)35-25-24-34-32-20-10-12-22-37(32)43(40(34)41(35)44)31-18-8-3-9-19-31/h1-9,11,13-19,21,23-27H,10,12,20,22H2. The lowest BCUT2D eigenvalue weighted by Gasteiger charge is -2.17. The van der Waals surface area contributed by atoms with Crippen molar-refractivity contribution < 1.29 is 0 Å². The number of benzene rings is 5. The van der Waals surface area contributed by atoms with Gasteiger partial charge in [0.2, 0.25) is 0 Å². The second-order valence-electron chi connectivity index (χ2n) is 11.8. The van der Waals surface area contributed by atoms with E-state index < -0.39 is 0 Å². The number of rotatable bonds is 4. The molecule has 0 saturated carbocycles. The first kappa shape index (κ1) is 25.1. The van der Waals surface area contributed by atoms with Gasteiger partial charge in [0, 0.05) is 33.1 Å². The maximum absolute atomic E-state index is 5.42. The molecule has 1 aliphatic rings. The summed E-state index contributed by atoms with van der Waals surface area (Å²) in [6, 6.07) is 50.2. The van der Waals surface area contributed by atoms with Crippen LogP contribution >= 0.6 is 0 Å². The molecule has 3 heterocycles. The molecule has 5 aromatic carbocycles. The molecule has 0 amide bonds. The van der Waals surface area contributed by atoms with E-state index in [1.165, 1.54) is 68.1 Å². The Kier molecular flexibility index (Phi) is 5.77. The molecule has 0 unspecified atom stereocenters. The van der Waals surface area contributed by atoms with Crippen molar-refractivity contribution in [3.05, 3.63) is 151 Å². The highest BCUT2D eigenvalue weighted by Crippen LogP contribution is 2.43. The molecule has 0 saturated heterocycles. The zero-order valence-electron chi connectivity index (χ0n) is 24.4. The summed E-state index contributed by atoms with van der Waals surface area (Å²) in [4.78, 5) is 5.42. The Bertz CT molecular complexity index is 2250. The van der Waals surface area contributed by atoms with Crippen LogP contribution in [0.25, 0.3) is 66.6 Å². The minimum Gasteiger partial charge on any atom is -0.311 e. The molecule has 1 aliphatic carbocycles. The molecule has 210 valence electrons. The minimum absolute atomic E-state index is 0.933. The predicted molar refractivity (Wildman–Crippen MR) is 183 cm³/mol. The summed E-state index contributed by atoms with van der Waals surface area (Å²) in [7, 11) is 0. The first-order valence-corrected chi connectivity index (χ1v) is 15.6. The van der Waals surface area contributed by atoms with Crippen molar-refractivity contribution in [3.63, 3.8) is 0 Å². The van der Waals surface area contributed by atoms with Crippen molar-refractivity contribution in [1.29, 1.82) is 0 Å². The first-order valence-electron chi connectivity index (χ1n) is 15.6. The zero-order chi connectivity index (χ0) is 29.0. The minimum atomic E-state index is 0.933. The fourth-order valence-corrected chi connectivity index (χ4v) is 7.36. The van der Waals surface area contributed by atoms with Crippen LogP contribution in [0.1, 0.15) is 24.1 Å². The van der Waals surface area contributed by atoms with Crippen LogP contribution < -0.4 is 0 Å². The Morgan fingerprint density at radius 1 is 0.477 bits per heavy atom. The summed E-state index contributed by atoms with van der Waals surface area (Å²) < 4.78 is 4.98. The average Bonchev–Trinajstić information content (AvgIpc) is 3.62. The fraction of sp³-hybridized carbons (Fsp3) is 0.0976. The van der Waals surface area contributed by atoms with Gasteiger partial charge in [0.15, 0.2) is 0 Å². The Hall–Kier alpha value is -5.41. The Morgan fingerprint density at radius 2 is 1.11 bits per heavy atom. The molecule has 0 radical (unpaired) electrons. The lowest BCUT2D eigenvalue weighted by Crippen LogP contribution is -2.07. The Morgan fingerprint density at radius 3 is 1.91 bits per heavy atom. The summed E-state index contributed by atoms with van der Waals surface area (Å²) in [5, 5.41) is 3.87. The summed E-state index contributed by atoms with van der Waals surface area (Å²) in [5.74, 6) is 0.933. The van der Waals surface area contributed by atoms with Gasteiger partial charge >= 0.3 is 0 Å². The van der Waals surface area contributed by atoms with Crippen LogP contribution in [-0.2, 0) is 12.8 Å². The molecule has 3 nitrogen and oxygen atoms in total. The molecule has 0 atom stereocenters. The fourth-order valence-electron chi connectivity index (χ4n) is 7.36. The van der Waals surface area contributed by atoms with Gasteiger partial charge in [-0.2, -0.15) is 0 Å². The van der Waals surface area contributed by atoms with E-state index in [1.54, 1.807) is 0 Å². The van der Waals surface area contributed by atoms with Gasteiger partial charge in [-0.15, -0.1) is 0 Å². The van der Waals surface area contributed by atoms with Crippen LogP contribution in [-0.4, -0.2) is 14.1 Å². The van der Waals surface area contributed by atoms with E-state index in [2.05, 4.69) is 149 Å². The number of aromatic nitrogens is 3. The van der Waals surface area contributed by atoms with E-state index in [9.17, 15) is 0 Å². The molecule has 0 aliphatic heterocycles. The molecule has 3 heteroatoms. The van der Waals surface area contributed by atoms with Gasteiger partial charge in [0.1, 0.15) is 5.82 Å². The molecule has 8 aromatic rings. The van der Waals surface area contributed by atoms with Crippen molar-refractivity contribution in [1.82, 2.24) is 14.1 Å². The van der Waals surface area contributed by atoms with E-state index in [0.29, 0.717) is 0 Å². The van der Waals surface area contributed by atoms with E-state index in [4.69, 9.17) is 4.98 Å². The van der Waals surface area contributed by atoms with Crippen LogP contribution in [0.5, 0.6) is 0 Å². The van der Waals surface area contributed by atoms with Crippen molar-refractivity contribution in [2.75, 3.05) is 0 Å². The summed E-state index contributed by atoms with van der Waals surface area (Å²) >= 11 is 0. The highest BCUT2D eigenvalue weighted by molar-refractivity contribution is 6.19. The van der Waals surface area contributed by atoms with Gasteiger partial charge in [-0.3, -0.25) is 4.57 Å². The quantitative estimate of drug-likeness (QED) is 0.208. The summed E-state index contributed by atoms with van der Waals surface area (Å²) in [6.45, 7) is 0. The molecule has 0 fully saturated rings. The van der Waals surface area contributed by atoms with Crippen LogP contribution in [0.15, 0.2) is 140 Å². The third kappa shape index (κ3) is 3.86. The third-order valence-electron chi connectivity index (χ3n) is 9.30. The molecule has 44 heavy (non-hydrogen) atoms. The molecule has 0 bridgehead atoms. The number of nitrogens with zero attached hydrogens (tertiary/aromatic N) is 3. The van der Waals surface area contributed by atoms with E-state index >= 15 is 0 Å². The van der Waals surface area contributed by atoms with Gasteiger partial charge in [-0.25, -0.2) is 4.98 Å². The number of fused-ring (bicyclic) bond motifs is 7. The van der Waals surface area contributed by atoms with E-state index in [0.717, 1.165) is 35.5 Å². The Labute approximate surface area is 256 Å². The van der Waals surface area contributed by atoms with Crippen LogP contribution in [0.4, 0.5) is 0 Å². The predicted octanol–water partition coefficient (Wildman–Crippen LogP) is 10.3. The number of aryl methyl sites for hydroxylation is 1. The molecule has 0 spiro atoms. The number of hydrogen-bond acceptors (Lipinski definition) is 1. The topological polar surface area (TPSA) is 22.8 Å². The molecule has 0 N–H and O–H groups in total. The van der Waals surface area contributed by atoms with Gasteiger partial charge in [0.05, 0.1) is 22.2 Å². The monoisotopic (exact) mass is 565 g/mol. The number of para-hydroxylation sites is 2. The third-order valence-corrected chi connectivity index (χ3v) is 9.30. The van der Waals surface area contributed by atoms with E-state index in [1.807, 2.05) is 0 Å². The zero-order valence-corrected chi connectivity index (χ0v) is 24.4. The average molecular weight is 566 g/mol. The first-order chi connectivity index (χ1) is 21.8. The number of hydrogen-bond donors (Lipinski definition) is 0. The second-order valence-corrected chi connectivity index (χ2v) is 11.8. The smallest absolute Gasteiger partial charge is 0.138 e.